The molecule has 28 heavy (non-hydrogen) atoms. The zero-order chi connectivity index (χ0) is 19.5. The van der Waals surface area contributed by atoms with E-state index in [9.17, 15) is 9.59 Å². The molecule has 0 saturated carbocycles. The van der Waals surface area contributed by atoms with Gasteiger partial charge in [0, 0.05) is 6.20 Å². The van der Waals surface area contributed by atoms with Crippen molar-refractivity contribution in [3.63, 3.8) is 0 Å². The Morgan fingerprint density at radius 3 is 2.71 bits per heavy atom. The van der Waals surface area contributed by atoms with Crippen LogP contribution < -0.4 is 5.43 Å². The third kappa shape index (κ3) is 3.81. The molecule has 1 N–H and O–H groups in total. The molecule has 2 heterocycles. The number of carbonyl (C=O) groups is 2. The molecule has 7 heteroatoms. The van der Waals surface area contributed by atoms with Crippen molar-refractivity contribution in [2.24, 2.45) is 0 Å². The molecule has 0 atom stereocenters. The fourth-order valence-electron chi connectivity index (χ4n) is 2.94. The molecule has 2 amide bonds. The van der Waals surface area contributed by atoms with Gasteiger partial charge in [-0.15, -0.1) is 0 Å². The van der Waals surface area contributed by atoms with E-state index in [0.29, 0.717) is 14.9 Å². The van der Waals surface area contributed by atoms with Gasteiger partial charge in [-0.1, -0.05) is 60.3 Å². The number of thiocarbonyl (C=S) groups is 1. The molecule has 0 unspecified atom stereocenters. The molecule has 1 aliphatic rings. The number of amides is 2. The van der Waals surface area contributed by atoms with Crippen molar-refractivity contribution in [3.8, 4) is 0 Å². The summed E-state index contributed by atoms with van der Waals surface area (Å²) in [5.41, 5.74) is 4.18. The van der Waals surface area contributed by atoms with Gasteiger partial charge in [0.05, 0.1) is 17.0 Å². The molecule has 1 aromatic heterocycles. The van der Waals surface area contributed by atoms with Gasteiger partial charge in [-0.2, -0.15) is 5.01 Å². The maximum Gasteiger partial charge on any atom is 0.285 e. The highest BCUT2D eigenvalue weighted by atomic mass is 32.2. The molecule has 4 rings (SSSR count). The van der Waals surface area contributed by atoms with E-state index in [1.54, 1.807) is 24.4 Å². The van der Waals surface area contributed by atoms with Crippen molar-refractivity contribution in [2.75, 3.05) is 0 Å². The summed E-state index contributed by atoms with van der Waals surface area (Å²) >= 11 is 6.40. The lowest BCUT2D eigenvalue weighted by Gasteiger charge is -2.16. The van der Waals surface area contributed by atoms with Crippen molar-refractivity contribution in [1.82, 2.24) is 15.4 Å². The molecular formula is C21H15N3O2S2. The van der Waals surface area contributed by atoms with Crippen LogP contribution in [0.4, 0.5) is 0 Å². The zero-order valence-corrected chi connectivity index (χ0v) is 16.3. The first-order valence-electron chi connectivity index (χ1n) is 8.57. The second kappa shape index (κ2) is 7.92. The quantitative estimate of drug-likeness (QED) is 0.530. The van der Waals surface area contributed by atoms with E-state index in [0.717, 1.165) is 33.1 Å². The van der Waals surface area contributed by atoms with Crippen molar-refractivity contribution >= 4 is 57.0 Å². The SMILES string of the molecule is O=C(Cc1cccc2ccccc12)NN1C(=O)C(=Cc2ccccn2)SC1=S. The Morgan fingerprint density at radius 2 is 1.89 bits per heavy atom. The average Bonchev–Trinajstić information content (AvgIpc) is 2.96. The average molecular weight is 406 g/mol. The van der Waals surface area contributed by atoms with Gasteiger partial charge in [-0.25, -0.2) is 0 Å². The smallest absolute Gasteiger partial charge is 0.273 e. The van der Waals surface area contributed by atoms with Crippen LogP contribution in [-0.4, -0.2) is 26.1 Å². The van der Waals surface area contributed by atoms with Gasteiger partial charge < -0.3 is 0 Å². The van der Waals surface area contributed by atoms with Crippen molar-refractivity contribution < 1.29 is 9.59 Å². The monoisotopic (exact) mass is 405 g/mol. The van der Waals surface area contributed by atoms with E-state index in [1.165, 1.54) is 0 Å². The summed E-state index contributed by atoms with van der Waals surface area (Å²) in [6.45, 7) is 0. The van der Waals surface area contributed by atoms with Gasteiger partial charge in [0.15, 0.2) is 4.32 Å². The van der Waals surface area contributed by atoms with E-state index in [4.69, 9.17) is 12.2 Å². The van der Waals surface area contributed by atoms with Crippen LogP contribution >= 0.6 is 24.0 Å². The molecule has 138 valence electrons. The highest BCUT2D eigenvalue weighted by Crippen LogP contribution is 2.31. The van der Waals surface area contributed by atoms with E-state index < -0.39 is 0 Å². The van der Waals surface area contributed by atoms with Crippen LogP contribution in [0.5, 0.6) is 0 Å². The third-order valence-electron chi connectivity index (χ3n) is 4.23. The fraction of sp³-hybridized carbons (Fsp3) is 0.0476. The number of carbonyl (C=O) groups excluding carboxylic acids is 2. The molecule has 3 aromatic rings. The molecule has 0 aliphatic carbocycles. The van der Waals surface area contributed by atoms with Gasteiger partial charge in [-0.05, 0) is 46.8 Å². The molecule has 0 spiro atoms. The second-order valence-electron chi connectivity index (χ2n) is 6.12. The molecule has 5 nitrogen and oxygen atoms in total. The predicted molar refractivity (Wildman–Crippen MR) is 115 cm³/mol. The maximum atomic E-state index is 12.6. The van der Waals surface area contributed by atoms with Gasteiger partial charge in [0.2, 0.25) is 5.91 Å². The minimum Gasteiger partial charge on any atom is -0.273 e. The zero-order valence-electron chi connectivity index (χ0n) is 14.7. The normalized spacial score (nSPS) is 15.4. The Bertz CT molecular complexity index is 1110. The van der Waals surface area contributed by atoms with E-state index in [2.05, 4.69) is 10.4 Å². The summed E-state index contributed by atoms with van der Waals surface area (Å²) in [5, 5.41) is 3.21. The predicted octanol–water partition coefficient (Wildman–Crippen LogP) is 3.71. The topological polar surface area (TPSA) is 62.3 Å². The van der Waals surface area contributed by atoms with Gasteiger partial charge in [0.1, 0.15) is 0 Å². The van der Waals surface area contributed by atoms with Crippen LogP contribution in [0, 0.1) is 0 Å². The van der Waals surface area contributed by atoms with Crippen LogP contribution in [0.15, 0.2) is 71.8 Å². The second-order valence-corrected chi connectivity index (χ2v) is 7.80. The lowest BCUT2D eigenvalue weighted by Crippen LogP contribution is -2.45. The number of nitrogens with one attached hydrogen (secondary N) is 1. The number of fused-ring (bicyclic) bond motifs is 1. The molecule has 1 aliphatic heterocycles. The van der Waals surface area contributed by atoms with Crippen molar-refractivity contribution in [1.29, 1.82) is 0 Å². The summed E-state index contributed by atoms with van der Waals surface area (Å²) in [5.74, 6) is -0.654. The Hall–Kier alpha value is -3.03. The molecule has 2 aromatic carbocycles. The Balaban J connectivity index is 1.49. The molecule has 1 fully saturated rings. The Labute approximate surface area is 171 Å². The summed E-state index contributed by atoms with van der Waals surface area (Å²) < 4.78 is 0.290. The number of thioether (sulfide) groups is 1. The van der Waals surface area contributed by atoms with Crippen LogP contribution in [0.2, 0.25) is 0 Å². The maximum absolute atomic E-state index is 12.6. The molecule has 0 bridgehead atoms. The summed E-state index contributed by atoms with van der Waals surface area (Å²) in [7, 11) is 0. The number of pyridine rings is 1. The number of rotatable bonds is 4. The minimum absolute atomic E-state index is 0.150. The van der Waals surface area contributed by atoms with Gasteiger partial charge >= 0.3 is 0 Å². The number of hydrogen-bond acceptors (Lipinski definition) is 5. The largest absolute Gasteiger partial charge is 0.285 e. The standard InChI is InChI=1S/C21H15N3O2S2/c25-19(12-15-8-5-7-14-6-1-2-10-17(14)15)23-24-20(26)18(28-21(24)27)13-16-9-3-4-11-22-16/h1-11,13H,12H2,(H,23,25). The summed E-state index contributed by atoms with van der Waals surface area (Å²) in [6.07, 6.45) is 3.46. The first-order chi connectivity index (χ1) is 13.6. The lowest BCUT2D eigenvalue weighted by molar-refractivity contribution is -0.132. The highest BCUT2D eigenvalue weighted by molar-refractivity contribution is 8.26. The lowest BCUT2D eigenvalue weighted by atomic mass is 10.0. The number of benzene rings is 2. The number of nitrogens with zero attached hydrogens (tertiary/aromatic N) is 2. The fourth-order valence-corrected chi connectivity index (χ4v) is 4.11. The summed E-state index contributed by atoms with van der Waals surface area (Å²) in [6, 6.07) is 19.1. The minimum atomic E-state index is -0.355. The Morgan fingerprint density at radius 1 is 1.11 bits per heavy atom. The van der Waals surface area contributed by atoms with Gasteiger partial charge in [-0.3, -0.25) is 20.0 Å². The number of hydrogen-bond donors (Lipinski definition) is 1. The molecule has 1 saturated heterocycles. The van der Waals surface area contributed by atoms with Gasteiger partial charge in [0.25, 0.3) is 5.91 Å². The van der Waals surface area contributed by atoms with E-state index >= 15 is 0 Å². The third-order valence-corrected chi connectivity index (χ3v) is 5.53. The van der Waals surface area contributed by atoms with E-state index in [-0.39, 0.29) is 18.2 Å². The molecular weight excluding hydrogens is 390 g/mol. The summed E-state index contributed by atoms with van der Waals surface area (Å²) in [4.78, 5) is 29.8. The van der Waals surface area contributed by atoms with Crippen LogP contribution in [-0.2, 0) is 16.0 Å². The van der Waals surface area contributed by atoms with Crippen molar-refractivity contribution in [3.05, 3.63) is 83.0 Å². The highest BCUT2D eigenvalue weighted by Gasteiger charge is 2.33. The number of hydrazine groups is 1. The van der Waals surface area contributed by atoms with Crippen LogP contribution in [0.25, 0.3) is 16.8 Å². The van der Waals surface area contributed by atoms with Crippen LogP contribution in [0.3, 0.4) is 0 Å². The Kier molecular flexibility index (Phi) is 5.18. The first kappa shape index (κ1) is 18.3. The van der Waals surface area contributed by atoms with Crippen molar-refractivity contribution in [2.45, 2.75) is 6.42 Å². The first-order valence-corrected chi connectivity index (χ1v) is 9.79. The number of aromatic nitrogens is 1. The van der Waals surface area contributed by atoms with E-state index in [1.807, 2.05) is 48.5 Å². The molecule has 0 radical (unpaired) electrons. The van der Waals surface area contributed by atoms with Crippen LogP contribution in [0.1, 0.15) is 11.3 Å².